The second kappa shape index (κ2) is 13.0. The van der Waals surface area contributed by atoms with Crippen LogP contribution in [0.3, 0.4) is 0 Å². The van der Waals surface area contributed by atoms with Crippen molar-refractivity contribution in [1.29, 1.82) is 0 Å². The van der Waals surface area contributed by atoms with Gasteiger partial charge in [0.25, 0.3) is 0 Å². The first kappa shape index (κ1) is 30.9. The summed E-state index contributed by atoms with van der Waals surface area (Å²) in [6.07, 6.45) is 7.63. The van der Waals surface area contributed by atoms with Gasteiger partial charge in [-0.15, -0.1) is 0 Å². The van der Waals surface area contributed by atoms with E-state index >= 15 is 0 Å². The van der Waals surface area contributed by atoms with Gasteiger partial charge in [0.1, 0.15) is 12.4 Å². The quantitative estimate of drug-likeness (QED) is 0.144. The minimum atomic E-state index is -1.20. The Morgan fingerprint density at radius 2 is 2.02 bits per heavy atom. The number of aromatic nitrogens is 5. The van der Waals surface area contributed by atoms with Crippen molar-refractivity contribution in [3.8, 4) is 22.6 Å². The summed E-state index contributed by atoms with van der Waals surface area (Å²) in [4.78, 5) is 22.5. The maximum absolute atomic E-state index is 11.7. The highest BCUT2D eigenvalue weighted by Gasteiger charge is 2.25. The van der Waals surface area contributed by atoms with Gasteiger partial charge in [-0.25, -0.2) is 14.5 Å². The number of nitrogens with zero attached hydrogens (tertiary/aromatic N) is 6. The molecule has 0 saturated carbocycles. The Morgan fingerprint density at radius 3 is 2.72 bits per heavy atom. The zero-order valence-electron chi connectivity index (χ0n) is 26.3. The van der Waals surface area contributed by atoms with Crippen molar-refractivity contribution in [2.75, 3.05) is 19.8 Å². The second-order valence-electron chi connectivity index (χ2n) is 12.6. The average Bonchev–Trinajstić information content (AvgIpc) is 3.54. The van der Waals surface area contributed by atoms with Crippen LogP contribution < -0.4 is 0 Å². The van der Waals surface area contributed by atoms with Gasteiger partial charge in [0.2, 0.25) is 0 Å². The van der Waals surface area contributed by atoms with Gasteiger partial charge in [0.05, 0.1) is 17.8 Å². The largest absolute Gasteiger partial charge is 0.465 e. The first-order valence-electron chi connectivity index (χ1n) is 15.2. The highest BCUT2D eigenvalue weighted by molar-refractivity contribution is 6.76. The summed E-state index contributed by atoms with van der Waals surface area (Å²) >= 11 is 0. The van der Waals surface area contributed by atoms with Crippen molar-refractivity contribution < 1.29 is 19.4 Å². The van der Waals surface area contributed by atoms with E-state index in [2.05, 4.69) is 47.4 Å². The molecule has 1 fully saturated rings. The topological polar surface area (TPSA) is 108 Å². The lowest BCUT2D eigenvalue weighted by molar-refractivity contribution is -0.0365. The number of carboxylic acid groups (broad SMARTS) is 1. The number of aryl methyl sites for hydroxylation is 1. The molecule has 43 heavy (non-hydrogen) atoms. The van der Waals surface area contributed by atoms with Crippen molar-refractivity contribution in [3.63, 3.8) is 0 Å². The van der Waals surface area contributed by atoms with Crippen LogP contribution in [0.4, 0.5) is 4.79 Å². The molecule has 4 heterocycles. The van der Waals surface area contributed by atoms with E-state index < -0.39 is 14.2 Å². The van der Waals surface area contributed by atoms with Crippen LogP contribution in [-0.4, -0.2) is 68.2 Å². The van der Waals surface area contributed by atoms with Crippen molar-refractivity contribution in [2.45, 2.75) is 85.2 Å². The van der Waals surface area contributed by atoms with Crippen molar-refractivity contribution in [3.05, 3.63) is 53.6 Å². The molecule has 0 aliphatic carbocycles. The van der Waals surface area contributed by atoms with Crippen molar-refractivity contribution in [1.82, 2.24) is 29.2 Å². The zero-order valence-corrected chi connectivity index (χ0v) is 27.3. The summed E-state index contributed by atoms with van der Waals surface area (Å²) in [6.45, 7) is 15.5. The van der Waals surface area contributed by atoms with E-state index in [0.717, 1.165) is 88.9 Å². The summed E-state index contributed by atoms with van der Waals surface area (Å²) < 4.78 is 16.4. The monoisotopic (exact) mass is 604 g/mol. The van der Waals surface area contributed by atoms with Crippen molar-refractivity contribution >= 4 is 25.1 Å². The molecule has 0 radical (unpaired) electrons. The minimum absolute atomic E-state index is 0.129. The number of amides is 1. The third-order valence-electron chi connectivity index (χ3n) is 8.11. The van der Waals surface area contributed by atoms with E-state index in [1.807, 2.05) is 37.8 Å². The summed E-state index contributed by atoms with van der Waals surface area (Å²) in [6, 6.07) is 7.45. The molecule has 1 saturated heterocycles. The molecule has 1 aromatic carbocycles. The van der Waals surface area contributed by atoms with E-state index in [-0.39, 0.29) is 12.8 Å². The number of hydrogen-bond acceptors (Lipinski definition) is 6. The molecule has 0 spiro atoms. The molecule has 3 aromatic heterocycles. The fraction of sp³-hybridized carbons (Fsp3) is 0.500. The molecule has 1 aliphatic rings. The Labute approximate surface area is 254 Å². The van der Waals surface area contributed by atoms with Crippen LogP contribution >= 0.6 is 0 Å². The van der Waals surface area contributed by atoms with Gasteiger partial charge < -0.3 is 24.0 Å². The first-order valence-corrected chi connectivity index (χ1v) is 18.9. The van der Waals surface area contributed by atoms with Gasteiger partial charge in [-0.1, -0.05) is 25.7 Å². The zero-order chi connectivity index (χ0) is 30.7. The summed E-state index contributed by atoms with van der Waals surface area (Å²) in [5, 5.41) is 15.7. The molecular weight excluding hydrogens is 560 g/mol. The van der Waals surface area contributed by atoms with Crippen LogP contribution in [0.25, 0.3) is 33.5 Å². The predicted molar refractivity (Wildman–Crippen MR) is 171 cm³/mol. The average molecular weight is 605 g/mol. The molecule has 5 rings (SSSR count). The normalized spacial score (nSPS) is 15.7. The second-order valence-corrected chi connectivity index (χ2v) is 18.3. The fourth-order valence-corrected chi connectivity index (χ4v) is 6.28. The van der Waals surface area contributed by atoms with Gasteiger partial charge in [0.15, 0.2) is 12.1 Å². The van der Waals surface area contributed by atoms with Gasteiger partial charge in [-0.3, -0.25) is 4.98 Å². The SMILES string of the molecule is CCN(Cc1cncc(-c2ccc3c(c2)c(-c2nc(C)cn2COCC[Si](C)(C)C)nn3C2CCCCO2)c1C)C(=O)O. The Morgan fingerprint density at radius 1 is 1.21 bits per heavy atom. The number of imidazole rings is 1. The Balaban J connectivity index is 1.57. The summed E-state index contributed by atoms with van der Waals surface area (Å²) in [7, 11) is -1.20. The molecule has 4 aromatic rings. The Kier molecular flexibility index (Phi) is 9.33. The highest BCUT2D eigenvalue weighted by Crippen LogP contribution is 2.36. The summed E-state index contributed by atoms with van der Waals surface area (Å²) in [5.74, 6) is 0.769. The molecule has 230 valence electrons. The third-order valence-corrected chi connectivity index (χ3v) is 9.82. The molecule has 0 bridgehead atoms. The van der Waals surface area contributed by atoms with Crippen LogP contribution in [0.2, 0.25) is 25.7 Å². The van der Waals surface area contributed by atoms with E-state index in [4.69, 9.17) is 19.6 Å². The Hall–Kier alpha value is -3.54. The third kappa shape index (κ3) is 7.00. The van der Waals surface area contributed by atoms with Crippen LogP contribution in [0.15, 0.2) is 36.8 Å². The lowest BCUT2D eigenvalue weighted by Crippen LogP contribution is -2.28. The van der Waals surface area contributed by atoms with E-state index in [9.17, 15) is 9.90 Å². The van der Waals surface area contributed by atoms with Crippen LogP contribution in [0, 0.1) is 13.8 Å². The van der Waals surface area contributed by atoms with E-state index in [0.29, 0.717) is 13.3 Å². The molecule has 1 atom stereocenters. The van der Waals surface area contributed by atoms with Crippen LogP contribution in [0.5, 0.6) is 0 Å². The fourth-order valence-electron chi connectivity index (χ4n) is 5.52. The predicted octanol–water partition coefficient (Wildman–Crippen LogP) is 7.09. The lowest BCUT2D eigenvalue weighted by Gasteiger charge is -2.23. The van der Waals surface area contributed by atoms with Crippen LogP contribution in [0.1, 0.15) is 49.2 Å². The number of benzene rings is 1. The first-order chi connectivity index (χ1) is 20.6. The number of pyridine rings is 1. The summed E-state index contributed by atoms with van der Waals surface area (Å²) in [5.41, 5.74) is 6.52. The van der Waals surface area contributed by atoms with Gasteiger partial charge in [-0.2, -0.15) is 5.10 Å². The van der Waals surface area contributed by atoms with Gasteiger partial charge >= 0.3 is 6.09 Å². The number of carbonyl (C=O) groups is 1. The maximum atomic E-state index is 11.7. The van der Waals surface area contributed by atoms with Crippen LogP contribution in [-0.2, 0) is 22.7 Å². The standard InChI is InChI=1S/C32H44N6O4Si/c1-7-36(32(39)40)20-25-17-33-18-27(23(25)3)24-11-12-28-26(16-24)30(35-38(28)29-10-8-9-13-42-29)31-34-22(2)19-37(31)21-41-14-15-43(4,5)6/h11-12,16-19,29H,7-10,13-15,20-21H2,1-6H3,(H,39,40). The minimum Gasteiger partial charge on any atom is -0.465 e. The lowest BCUT2D eigenvalue weighted by atomic mass is 9.97. The molecular formula is C32H44N6O4Si. The number of fused-ring (bicyclic) bond motifs is 1. The number of hydrogen-bond donors (Lipinski definition) is 1. The highest BCUT2D eigenvalue weighted by atomic mass is 28.3. The molecule has 10 nitrogen and oxygen atoms in total. The molecule has 1 N–H and O–H groups in total. The van der Waals surface area contributed by atoms with Crippen molar-refractivity contribution in [2.24, 2.45) is 0 Å². The number of ether oxygens (including phenoxy) is 2. The van der Waals surface area contributed by atoms with E-state index in [1.165, 1.54) is 4.90 Å². The Bertz CT molecular complexity index is 1580. The van der Waals surface area contributed by atoms with Gasteiger partial charge in [0, 0.05) is 57.4 Å². The molecule has 11 heteroatoms. The molecule has 1 unspecified atom stereocenters. The number of rotatable bonds is 11. The van der Waals surface area contributed by atoms with Gasteiger partial charge in [-0.05, 0) is 74.9 Å². The maximum Gasteiger partial charge on any atom is 0.407 e. The smallest absolute Gasteiger partial charge is 0.407 e. The van der Waals surface area contributed by atoms with E-state index in [1.54, 1.807) is 6.20 Å². The molecule has 1 amide bonds. The molecule has 1 aliphatic heterocycles.